The van der Waals surface area contributed by atoms with Crippen molar-refractivity contribution in [3.8, 4) is 0 Å². The van der Waals surface area contributed by atoms with E-state index in [1.807, 2.05) is 20.8 Å². The lowest BCUT2D eigenvalue weighted by Gasteiger charge is -2.60. The molecule has 1 unspecified atom stereocenters. The van der Waals surface area contributed by atoms with Crippen LogP contribution in [0, 0.1) is 34.5 Å². The van der Waals surface area contributed by atoms with E-state index in [4.69, 9.17) is 9.47 Å². The highest BCUT2D eigenvalue weighted by Gasteiger charge is 2.69. The van der Waals surface area contributed by atoms with E-state index >= 15 is 4.39 Å². The number of hydrogen-bond acceptors (Lipinski definition) is 4. The molecule has 0 radical (unpaired) electrons. The molecule has 1 N–H and O–H groups in total. The quantitative estimate of drug-likeness (QED) is 0.564. The van der Waals surface area contributed by atoms with Gasteiger partial charge in [0.1, 0.15) is 6.17 Å². The smallest absolute Gasteiger partial charge is 0.172 e. The second kappa shape index (κ2) is 6.14. The summed E-state index contributed by atoms with van der Waals surface area (Å²) in [5.41, 5.74) is -0.131. The summed E-state index contributed by atoms with van der Waals surface area (Å²) in [4.78, 5) is 12.6. The van der Waals surface area contributed by atoms with Gasteiger partial charge < -0.3 is 14.6 Å². The molecule has 0 bridgehead atoms. The Morgan fingerprint density at radius 1 is 1.14 bits per heavy atom. The van der Waals surface area contributed by atoms with Crippen LogP contribution in [-0.2, 0) is 14.3 Å². The van der Waals surface area contributed by atoms with Crippen LogP contribution in [0.25, 0.3) is 0 Å². The van der Waals surface area contributed by atoms with Crippen LogP contribution in [0.5, 0.6) is 0 Å². The van der Waals surface area contributed by atoms with E-state index in [0.29, 0.717) is 29.3 Å². The number of rotatable bonds is 0. The number of hydrogen-bond donors (Lipinski definition) is 1. The van der Waals surface area contributed by atoms with Crippen molar-refractivity contribution in [1.29, 1.82) is 0 Å². The third kappa shape index (κ3) is 2.61. The monoisotopic (exact) mass is 470 g/mol. The molecule has 6 heteroatoms. The van der Waals surface area contributed by atoms with Crippen LogP contribution >= 0.6 is 15.9 Å². The van der Waals surface area contributed by atoms with E-state index in [-0.39, 0.29) is 47.1 Å². The van der Waals surface area contributed by atoms with Crippen molar-refractivity contribution in [3.63, 3.8) is 0 Å². The van der Waals surface area contributed by atoms with Crippen LogP contribution in [-0.4, -0.2) is 41.2 Å². The minimum atomic E-state index is -1.15. The minimum Gasteiger partial charge on any atom is -0.393 e. The van der Waals surface area contributed by atoms with Crippen LogP contribution < -0.4 is 0 Å². The van der Waals surface area contributed by atoms with Crippen molar-refractivity contribution in [2.24, 2.45) is 34.5 Å². The number of aliphatic hydroxyl groups is 1. The average molecular weight is 471 g/mol. The molecule has 1 aliphatic heterocycles. The Bertz CT molecular complexity index is 796. The first kappa shape index (κ1) is 20.6. The highest BCUT2D eigenvalue weighted by atomic mass is 79.9. The molecule has 10 atom stereocenters. The topological polar surface area (TPSA) is 55.8 Å². The van der Waals surface area contributed by atoms with Gasteiger partial charge in [0.25, 0.3) is 0 Å². The van der Waals surface area contributed by atoms with Gasteiger partial charge in [0.15, 0.2) is 11.6 Å². The van der Waals surface area contributed by atoms with Gasteiger partial charge >= 0.3 is 0 Å². The van der Waals surface area contributed by atoms with Crippen molar-refractivity contribution >= 4 is 21.7 Å². The molecule has 0 spiro atoms. The predicted molar refractivity (Wildman–Crippen MR) is 110 cm³/mol. The standard InChI is InChI=1S/C23H32BrFO4/c1-10-8-23(5)16-11(6-13(25)17(23)18(24)19(10)27)12-7-15-20(29-21(2,3)28-15)22(12,4)9-14(16)26/h10-16,20,26H,6-9H2,1-5H3/t10?,11-,12-,13-,14-,15+,16+,20+,22-,23+/m0/s1. The molecule has 4 fully saturated rings. The highest BCUT2D eigenvalue weighted by molar-refractivity contribution is 9.12. The minimum absolute atomic E-state index is 0.00635. The Labute approximate surface area is 180 Å². The van der Waals surface area contributed by atoms with E-state index in [0.717, 1.165) is 6.42 Å². The van der Waals surface area contributed by atoms with Crippen LogP contribution in [0.2, 0.25) is 0 Å². The number of carbonyl (C=O) groups excluding carboxylic acids is 1. The second-order valence-electron chi connectivity index (χ2n) is 11.2. The average Bonchev–Trinajstić information content (AvgIpc) is 3.02. The van der Waals surface area contributed by atoms with Gasteiger partial charge in [-0.05, 0) is 84.2 Å². The number of allylic oxidation sites excluding steroid dienone is 1. The third-order valence-corrected chi connectivity index (χ3v) is 9.80. The van der Waals surface area contributed by atoms with E-state index in [2.05, 4.69) is 29.8 Å². The number of carbonyl (C=O) groups is 1. The van der Waals surface area contributed by atoms with Gasteiger partial charge in [0.05, 0.1) is 22.8 Å². The lowest BCUT2D eigenvalue weighted by atomic mass is 9.45. The van der Waals surface area contributed by atoms with Crippen LogP contribution in [0.1, 0.15) is 60.3 Å². The summed E-state index contributed by atoms with van der Waals surface area (Å²) in [7, 11) is 0. The van der Waals surface area contributed by atoms with Gasteiger partial charge in [0.2, 0.25) is 0 Å². The summed E-state index contributed by atoms with van der Waals surface area (Å²) in [5, 5.41) is 11.5. The maximum absolute atomic E-state index is 15.6. The lowest BCUT2D eigenvalue weighted by Crippen LogP contribution is -2.60. The van der Waals surface area contributed by atoms with Crippen LogP contribution in [0.3, 0.4) is 0 Å². The second-order valence-corrected chi connectivity index (χ2v) is 12.0. The molecule has 5 rings (SSSR count). The van der Waals surface area contributed by atoms with Crippen LogP contribution in [0.15, 0.2) is 10.1 Å². The molecule has 5 aliphatic rings. The Hall–Kier alpha value is -0.300. The zero-order valence-electron chi connectivity index (χ0n) is 17.9. The van der Waals surface area contributed by atoms with Crippen LogP contribution in [0.4, 0.5) is 4.39 Å². The summed E-state index contributed by atoms with van der Waals surface area (Å²) in [6.07, 6.45) is 0.722. The summed E-state index contributed by atoms with van der Waals surface area (Å²) in [6.45, 7) is 10.1. The summed E-state index contributed by atoms with van der Waals surface area (Å²) in [6, 6.07) is 0. The van der Waals surface area contributed by atoms with Crippen molar-refractivity contribution in [2.75, 3.05) is 0 Å². The van der Waals surface area contributed by atoms with Gasteiger partial charge in [-0.15, -0.1) is 0 Å². The third-order valence-electron chi connectivity index (χ3n) is 8.98. The Balaban J connectivity index is 1.57. The Morgan fingerprint density at radius 2 is 1.83 bits per heavy atom. The molecule has 0 aromatic rings. The molecule has 3 saturated carbocycles. The lowest BCUT2D eigenvalue weighted by molar-refractivity contribution is -0.201. The van der Waals surface area contributed by atoms with Crippen molar-refractivity contribution < 1.29 is 23.8 Å². The number of alkyl halides is 1. The van der Waals surface area contributed by atoms with E-state index in [9.17, 15) is 9.90 Å². The first-order valence-corrected chi connectivity index (χ1v) is 11.8. The molecule has 162 valence electrons. The van der Waals surface area contributed by atoms with Crippen molar-refractivity contribution in [1.82, 2.24) is 0 Å². The van der Waals surface area contributed by atoms with Gasteiger partial charge in [-0.25, -0.2) is 4.39 Å². The fourth-order valence-electron chi connectivity index (χ4n) is 8.16. The zero-order chi connectivity index (χ0) is 21.1. The van der Waals surface area contributed by atoms with E-state index in [1.54, 1.807) is 0 Å². The van der Waals surface area contributed by atoms with Crippen molar-refractivity contribution in [2.45, 2.75) is 90.6 Å². The predicted octanol–water partition coefficient (Wildman–Crippen LogP) is 4.54. The highest BCUT2D eigenvalue weighted by Crippen LogP contribution is 2.68. The largest absolute Gasteiger partial charge is 0.393 e. The van der Waals surface area contributed by atoms with Gasteiger partial charge in [-0.3, -0.25) is 4.79 Å². The fraction of sp³-hybridized carbons (Fsp3) is 0.870. The normalized spacial score (nSPS) is 55.9. The van der Waals surface area contributed by atoms with Gasteiger partial charge in [0, 0.05) is 11.3 Å². The molecular formula is C23H32BrFO4. The maximum Gasteiger partial charge on any atom is 0.172 e. The molecule has 1 saturated heterocycles. The molecule has 0 aromatic heterocycles. The molecule has 4 aliphatic carbocycles. The SMILES string of the molecule is CC1C[C@@]2(C)C(=C(Br)C1=O)[C@@H](F)C[C@@H]1[C@@H]2[C@@H](O)C[C@]2(C)[C@@H]3OC(C)(C)O[C@@H]3C[C@@H]12. The maximum atomic E-state index is 15.6. The number of ether oxygens (including phenoxy) is 2. The number of fused-ring (bicyclic) bond motifs is 7. The first-order valence-electron chi connectivity index (χ1n) is 11.0. The zero-order valence-corrected chi connectivity index (χ0v) is 19.5. The summed E-state index contributed by atoms with van der Waals surface area (Å²) >= 11 is 3.44. The molecule has 1 heterocycles. The Morgan fingerprint density at radius 3 is 2.52 bits per heavy atom. The molecule has 0 aromatic carbocycles. The van der Waals surface area contributed by atoms with E-state index < -0.39 is 23.5 Å². The fourth-order valence-corrected chi connectivity index (χ4v) is 9.25. The number of halogens is 2. The molecule has 0 amide bonds. The summed E-state index contributed by atoms with van der Waals surface area (Å²) < 4.78 is 28.5. The number of ketones is 1. The molecule has 29 heavy (non-hydrogen) atoms. The van der Waals surface area contributed by atoms with E-state index in [1.165, 1.54) is 0 Å². The van der Waals surface area contributed by atoms with Gasteiger partial charge in [-0.2, -0.15) is 0 Å². The first-order chi connectivity index (χ1) is 13.4. The van der Waals surface area contributed by atoms with Gasteiger partial charge in [-0.1, -0.05) is 20.8 Å². The molecule has 4 nitrogen and oxygen atoms in total. The number of aliphatic hydroxyl groups excluding tert-OH is 1. The summed E-state index contributed by atoms with van der Waals surface area (Å²) in [5.74, 6) is -0.503. The number of Topliss-reactive ketones (excluding diaryl/α,β-unsaturated/α-hetero) is 1. The molecular weight excluding hydrogens is 439 g/mol. The Kier molecular flexibility index (Phi) is 4.36. The van der Waals surface area contributed by atoms with Crippen molar-refractivity contribution in [3.05, 3.63) is 10.1 Å².